The molecule has 1 fully saturated rings. The zero-order chi connectivity index (χ0) is 22.9. The van der Waals surface area contributed by atoms with Crippen LogP contribution in [0.2, 0.25) is 0 Å². The number of hydrogen-bond acceptors (Lipinski definition) is 5. The normalized spacial score (nSPS) is 16.5. The number of fused-ring (bicyclic) bond motifs is 3. The monoisotopic (exact) mass is 461 g/mol. The molecule has 8 heteroatoms. The third-order valence-electron chi connectivity index (χ3n) is 6.46. The molecule has 33 heavy (non-hydrogen) atoms. The number of aromatic nitrogens is 2. The Bertz CT molecular complexity index is 1320. The fraction of sp³-hybridized carbons (Fsp3) is 0.320. The number of carbonyl (C=O) groups is 2. The molecule has 3 heterocycles. The first-order chi connectivity index (χ1) is 16.0. The molecule has 1 saturated heterocycles. The molecule has 2 aromatic heterocycles. The Hall–Kier alpha value is -3.23. The van der Waals surface area contributed by atoms with Crippen LogP contribution in [0.4, 0.5) is 0 Å². The quantitative estimate of drug-likeness (QED) is 0.458. The van der Waals surface area contributed by atoms with Crippen molar-refractivity contribution in [3.63, 3.8) is 0 Å². The molecule has 2 aromatic carbocycles. The van der Waals surface area contributed by atoms with Gasteiger partial charge in [-0.05, 0) is 63.2 Å². The van der Waals surface area contributed by atoms with E-state index < -0.39 is 0 Å². The molecule has 5 rings (SSSR count). The lowest BCUT2D eigenvalue weighted by Crippen LogP contribution is -2.31. The first-order valence-electron chi connectivity index (χ1n) is 11.3. The summed E-state index contributed by atoms with van der Waals surface area (Å²) < 4.78 is 3.08. The number of carbonyl (C=O) groups excluding carboxylic acids is 2. The first-order valence-corrected chi connectivity index (χ1v) is 12.1. The van der Waals surface area contributed by atoms with Crippen LogP contribution in [0.15, 0.2) is 48.7 Å². The minimum atomic E-state index is -0.107. The van der Waals surface area contributed by atoms with Crippen LogP contribution in [0.1, 0.15) is 40.0 Å². The minimum Gasteiger partial charge on any atom is -0.355 e. The van der Waals surface area contributed by atoms with Gasteiger partial charge in [0.05, 0.1) is 15.9 Å². The Morgan fingerprint density at radius 3 is 2.64 bits per heavy atom. The van der Waals surface area contributed by atoms with Crippen LogP contribution < -0.4 is 10.6 Å². The number of benzene rings is 2. The summed E-state index contributed by atoms with van der Waals surface area (Å²) in [4.78, 5) is 32.4. The van der Waals surface area contributed by atoms with Gasteiger partial charge < -0.3 is 15.5 Å². The third-order valence-corrected chi connectivity index (χ3v) is 7.48. The van der Waals surface area contributed by atoms with Crippen molar-refractivity contribution in [3.05, 3.63) is 59.8 Å². The highest BCUT2D eigenvalue weighted by Gasteiger charge is 2.20. The van der Waals surface area contributed by atoms with Gasteiger partial charge >= 0.3 is 0 Å². The van der Waals surface area contributed by atoms with E-state index in [0.29, 0.717) is 23.7 Å². The molecule has 170 valence electrons. The summed E-state index contributed by atoms with van der Waals surface area (Å²) in [6.07, 6.45) is 5.45. The van der Waals surface area contributed by atoms with E-state index in [0.717, 1.165) is 39.4 Å². The van der Waals surface area contributed by atoms with E-state index in [1.807, 2.05) is 36.5 Å². The molecular weight excluding hydrogens is 434 g/mol. The van der Waals surface area contributed by atoms with Crippen molar-refractivity contribution in [3.8, 4) is 11.3 Å². The van der Waals surface area contributed by atoms with Crippen molar-refractivity contribution in [2.24, 2.45) is 0 Å². The Balaban J connectivity index is 1.31. The van der Waals surface area contributed by atoms with E-state index in [1.165, 1.54) is 12.8 Å². The maximum absolute atomic E-state index is 12.7. The molecular formula is C25H27N5O2S. The molecule has 1 aliphatic heterocycles. The van der Waals surface area contributed by atoms with Gasteiger partial charge in [0.15, 0.2) is 4.96 Å². The van der Waals surface area contributed by atoms with Crippen molar-refractivity contribution >= 4 is 38.3 Å². The number of rotatable bonds is 6. The molecule has 0 spiro atoms. The highest BCUT2D eigenvalue weighted by Crippen LogP contribution is 2.30. The summed E-state index contributed by atoms with van der Waals surface area (Å²) in [6.45, 7) is 1.85. The average Bonchev–Trinajstić information content (AvgIpc) is 3.52. The van der Waals surface area contributed by atoms with Crippen molar-refractivity contribution < 1.29 is 9.59 Å². The molecule has 0 aliphatic carbocycles. The number of imidazole rings is 1. The fourth-order valence-electron chi connectivity index (χ4n) is 4.52. The van der Waals surface area contributed by atoms with Crippen LogP contribution in [0.25, 0.3) is 26.4 Å². The van der Waals surface area contributed by atoms with Gasteiger partial charge in [0.25, 0.3) is 11.8 Å². The zero-order valence-corrected chi connectivity index (χ0v) is 19.6. The SMILES string of the molecule is CNC(=O)c1ccc(-c2cn3c(n2)sc2cc(C(=O)NCCC4CCCN4C)ccc23)cc1. The highest BCUT2D eigenvalue weighted by molar-refractivity contribution is 7.23. The summed E-state index contributed by atoms with van der Waals surface area (Å²) in [5.74, 6) is -0.135. The summed E-state index contributed by atoms with van der Waals surface area (Å²) in [7, 11) is 3.78. The predicted octanol–water partition coefficient (Wildman–Crippen LogP) is 3.79. The maximum atomic E-state index is 12.7. The van der Waals surface area contributed by atoms with Gasteiger partial charge in [0.1, 0.15) is 0 Å². The molecule has 0 bridgehead atoms. The summed E-state index contributed by atoms with van der Waals surface area (Å²) in [5, 5.41) is 5.70. The summed E-state index contributed by atoms with van der Waals surface area (Å²) in [6, 6.07) is 13.8. The van der Waals surface area contributed by atoms with Gasteiger partial charge in [-0.15, -0.1) is 0 Å². The van der Waals surface area contributed by atoms with Gasteiger partial charge in [-0.2, -0.15) is 0 Å². The number of hydrogen-bond donors (Lipinski definition) is 2. The molecule has 1 unspecified atom stereocenters. The summed E-state index contributed by atoms with van der Waals surface area (Å²) in [5.41, 5.74) is 4.13. The van der Waals surface area contributed by atoms with Crippen molar-refractivity contribution in [2.75, 3.05) is 27.2 Å². The Kier molecular flexibility index (Phi) is 5.86. The zero-order valence-electron chi connectivity index (χ0n) is 18.8. The molecule has 4 aromatic rings. The summed E-state index contributed by atoms with van der Waals surface area (Å²) >= 11 is 1.57. The van der Waals surface area contributed by atoms with Crippen LogP contribution in [0.3, 0.4) is 0 Å². The Labute approximate surface area is 196 Å². The van der Waals surface area contributed by atoms with Gasteiger partial charge in [-0.25, -0.2) is 4.98 Å². The van der Waals surface area contributed by atoms with Crippen molar-refractivity contribution in [2.45, 2.75) is 25.3 Å². The molecule has 2 amide bonds. The van der Waals surface area contributed by atoms with E-state index in [4.69, 9.17) is 4.98 Å². The van der Waals surface area contributed by atoms with E-state index in [9.17, 15) is 9.59 Å². The third kappa shape index (κ3) is 4.24. The molecule has 7 nitrogen and oxygen atoms in total. The second-order valence-corrected chi connectivity index (χ2v) is 9.55. The smallest absolute Gasteiger partial charge is 0.251 e. The standard InChI is InChI=1S/C25H27N5O2S/c1-26-23(31)17-7-5-16(6-8-17)20-15-30-21-10-9-18(14-22(21)33-25(30)28-20)24(32)27-12-11-19-4-3-13-29(19)2/h5-10,14-15,19H,3-4,11-13H2,1-2H3,(H,26,31)(H,27,32). The predicted molar refractivity (Wildman–Crippen MR) is 132 cm³/mol. The van der Waals surface area contributed by atoms with Crippen LogP contribution in [-0.2, 0) is 0 Å². The average molecular weight is 462 g/mol. The second kappa shape index (κ2) is 8.96. The molecule has 1 atom stereocenters. The fourth-order valence-corrected chi connectivity index (χ4v) is 5.56. The van der Waals surface area contributed by atoms with Gasteiger partial charge in [-0.1, -0.05) is 23.5 Å². The van der Waals surface area contributed by atoms with Crippen LogP contribution in [0, 0.1) is 0 Å². The van der Waals surface area contributed by atoms with E-state index in [2.05, 4.69) is 27.0 Å². The topological polar surface area (TPSA) is 78.7 Å². The van der Waals surface area contributed by atoms with Gasteiger partial charge in [0.2, 0.25) is 0 Å². The number of nitrogens with one attached hydrogen (secondary N) is 2. The molecule has 0 saturated carbocycles. The number of likely N-dealkylation sites (tertiary alicyclic amines) is 1. The lowest BCUT2D eigenvalue weighted by Gasteiger charge is -2.19. The molecule has 1 aliphatic rings. The van der Waals surface area contributed by atoms with Crippen molar-refractivity contribution in [1.29, 1.82) is 0 Å². The number of nitrogens with zero attached hydrogens (tertiary/aromatic N) is 3. The maximum Gasteiger partial charge on any atom is 0.251 e. The Morgan fingerprint density at radius 1 is 1.12 bits per heavy atom. The number of thiazole rings is 1. The van der Waals surface area contributed by atoms with Gasteiger partial charge in [-0.3, -0.25) is 14.0 Å². The highest BCUT2D eigenvalue weighted by atomic mass is 32.1. The lowest BCUT2D eigenvalue weighted by molar-refractivity contribution is 0.0946. The second-order valence-electron chi connectivity index (χ2n) is 8.54. The van der Waals surface area contributed by atoms with Crippen LogP contribution >= 0.6 is 11.3 Å². The molecule has 2 N–H and O–H groups in total. The van der Waals surface area contributed by atoms with Crippen molar-refractivity contribution in [1.82, 2.24) is 24.9 Å². The Morgan fingerprint density at radius 2 is 1.91 bits per heavy atom. The van der Waals surface area contributed by atoms with E-state index in [-0.39, 0.29) is 11.8 Å². The molecule has 0 radical (unpaired) electrons. The van der Waals surface area contributed by atoms with E-state index in [1.54, 1.807) is 30.5 Å². The number of amides is 2. The van der Waals surface area contributed by atoms with Crippen LogP contribution in [-0.4, -0.2) is 59.3 Å². The lowest BCUT2D eigenvalue weighted by atomic mass is 10.1. The van der Waals surface area contributed by atoms with Gasteiger partial charge in [0, 0.05) is 42.5 Å². The van der Waals surface area contributed by atoms with Crippen LogP contribution in [0.5, 0.6) is 0 Å². The minimum absolute atomic E-state index is 0.0273. The first kappa shape index (κ1) is 21.6. The van der Waals surface area contributed by atoms with E-state index >= 15 is 0 Å². The largest absolute Gasteiger partial charge is 0.355 e.